The van der Waals surface area contributed by atoms with Gasteiger partial charge in [-0.1, -0.05) is 30.3 Å². The van der Waals surface area contributed by atoms with Gasteiger partial charge in [0.1, 0.15) is 11.9 Å². The predicted octanol–water partition coefficient (Wildman–Crippen LogP) is 2.75. The first kappa shape index (κ1) is 22.4. The first-order valence-corrected chi connectivity index (χ1v) is 9.91. The first-order valence-electron chi connectivity index (χ1n) is 8.93. The minimum atomic E-state index is -0.873. The minimum Gasteiger partial charge on any atom is -0.467 e. The van der Waals surface area contributed by atoms with Crippen LogP contribution >= 0.6 is 11.8 Å². The molecule has 154 valence electrons. The number of hydrogen-bond donors (Lipinski definition) is 1. The molecule has 0 aliphatic heterocycles. The molecule has 8 heteroatoms. The average molecular weight is 419 g/mol. The number of halogens is 1. The Bertz CT molecular complexity index is 814. The van der Waals surface area contributed by atoms with Crippen molar-refractivity contribution in [1.29, 1.82) is 0 Å². The lowest BCUT2D eigenvalue weighted by Gasteiger charge is -2.16. The Hall–Kier alpha value is -2.87. The second kappa shape index (κ2) is 11.9. The molecule has 6 nitrogen and oxygen atoms in total. The quantitative estimate of drug-likeness (QED) is 0.471. The van der Waals surface area contributed by atoms with Gasteiger partial charge in [-0.25, -0.2) is 9.18 Å². The van der Waals surface area contributed by atoms with Gasteiger partial charge in [-0.2, -0.15) is 0 Å². The van der Waals surface area contributed by atoms with Crippen LogP contribution in [0.5, 0.6) is 0 Å². The maximum atomic E-state index is 12.8. The Morgan fingerprint density at radius 1 is 1.07 bits per heavy atom. The summed E-state index contributed by atoms with van der Waals surface area (Å²) in [7, 11) is 1.24. The van der Waals surface area contributed by atoms with Crippen molar-refractivity contribution < 1.29 is 28.2 Å². The number of esters is 2. The lowest BCUT2D eigenvalue weighted by molar-refractivity contribution is -0.150. The molecular weight excluding hydrogens is 397 g/mol. The molecule has 0 saturated carbocycles. The van der Waals surface area contributed by atoms with Crippen LogP contribution < -0.4 is 5.32 Å². The van der Waals surface area contributed by atoms with E-state index in [9.17, 15) is 18.8 Å². The zero-order valence-corrected chi connectivity index (χ0v) is 16.7. The maximum absolute atomic E-state index is 12.8. The zero-order valence-electron chi connectivity index (χ0n) is 15.9. The smallest absolute Gasteiger partial charge is 0.328 e. The topological polar surface area (TPSA) is 81.7 Å². The molecule has 0 bridgehead atoms. The summed E-state index contributed by atoms with van der Waals surface area (Å²) >= 11 is 1.38. The largest absolute Gasteiger partial charge is 0.467 e. The Morgan fingerprint density at radius 3 is 2.41 bits per heavy atom. The van der Waals surface area contributed by atoms with Gasteiger partial charge in [0, 0.05) is 17.1 Å². The average Bonchev–Trinajstić information content (AvgIpc) is 2.73. The van der Waals surface area contributed by atoms with Gasteiger partial charge in [0.15, 0.2) is 6.61 Å². The molecule has 0 unspecified atom stereocenters. The van der Waals surface area contributed by atoms with E-state index in [-0.39, 0.29) is 18.7 Å². The normalized spacial score (nSPS) is 11.4. The van der Waals surface area contributed by atoms with Crippen LogP contribution in [0.4, 0.5) is 4.39 Å². The standard InChI is InChI=1S/C21H22FNO5S/c1-27-21(26)18(13-15-5-3-2-4-6-15)23-19(24)14-28-20(25)11-12-29-17-9-7-16(22)8-10-17/h2-10,18H,11-14H2,1H3,(H,23,24)/t18-/m0/s1. The maximum Gasteiger partial charge on any atom is 0.328 e. The Morgan fingerprint density at radius 2 is 1.76 bits per heavy atom. The number of carbonyl (C=O) groups is 3. The van der Waals surface area contributed by atoms with Crippen LogP contribution in [0.1, 0.15) is 12.0 Å². The number of hydrogen-bond acceptors (Lipinski definition) is 6. The Kier molecular flexibility index (Phi) is 9.17. The van der Waals surface area contributed by atoms with E-state index in [1.165, 1.54) is 31.0 Å². The molecule has 0 fully saturated rings. The summed E-state index contributed by atoms with van der Waals surface area (Å²) in [6.45, 7) is -0.484. The van der Waals surface area contributed by atoms with Crippen LogP contribution in [0.15, 0.2) is 59.5 Å². The summed E-state index contributed by atoms with van der Waals surface area (Å²) in [6, 6.07) is 14.2. The molecule has 2 aromatic rings. The van der Waals surface area contributed by atoms with E-state index < -0.39 is 30.5 Å². The summed E-state index contributed by atoms with van der Waals surface area (Å²) in [5, 5.41) is 2.53. The monoisotopic (exact) mass is 419 g/mol. The van der Waals surface area contributed by atoms with Crippen molar-refractivity contribution in [2.24, 2.45) is 0 Å². The van der Waals surface area contributed by atoms with Crippen LogP contribution in [0, 0.1) is 5.82 Å². The highest BCUT2D eigenvalue weighted by Crippen LogP contribution is 2.18. The fourth-order valence-electron chi connectivity index (χ4n) is 2.42. The highest BCUT2D eigenvalue weighted by Gasteiger charge is 2.22. The van der Waals surface area contributed by atoms with Crippen LogP contribution in [-0.4, -0.2) is 43.4 Å². The van der Waals surface area contributed by atoms with Crippen molar-refractivity contribution in [3.8, 4) is 0 Å². The fraction of sp³-hybridized carbons (Fsp3) is 0.286. The zero-order chi connectivity index (χ0) is 21.1. The van der Waals surface area contributed by atoms with Crippen molar-refractivity contribution in [1.82, 2.24) is 5.32 Å². The third kappa shape index (κ3) is 8.35. The van der Waals surface area contributed by atoms with Gasteiger partial charge in [-0.3, -0.25) is 9.59 Å². The van der Waals surface area contributed by atoms with Gasteiger partial charge in [0.05, 0.1) is 13.5 Å². The number of thioether (sulfide) groups is 1. The summed E-state index contributed by atoms with van der Waals surface area (Å²) in [5.41, 5.74) is 0.859. The lowest BCUT2D eigenvalue weighted by atomic mass is 10.1. The lowest BCUT2D eigenvalue weighted by Crippen LogP contribution is -2.44. The highest BCUT2D eigenvalue weighted by atomic mass is 32.2. The van der Waals surface area contributed by atoms with E-state index in [2.05, 4.69) is 5.32 Å². The number of amides is 1. The SMILES string of the molecule is COC(=O)[C@H](Cc1ccccc1)NC(=O)COC(=O)CCSc1ccc(F)cc1. The summed E-state index contributed by atoms with van der Waals surface area (Å²) in [5.74, 6) is -1.59. The predicted molar refractivity (Wildman–Crippen MR) is 107 cm³/mol. The molecule has 2 aromatic carbocycles. The molecule has 0 aromatic heterocycles. The molecule has 0 radical (unpaired) electrons. The molecule has 0 heterocycles. The van der Waals surface area contributed by atoms with E-state index in [1.807, 2.05) is 30.3 Å². The van der Waals surface area contributed by atoms with Crippen LogP contribution in [0.2, 0.25) is 0 Å². The second-order valence-corrected chi connectivity index (χ2v) is 7.21. The van der Waals surface area contributed by atoms with Gasteiger partial charge in [-0.15, -0.1) is 11.8 Å². The summed E-state index contributed by atoms with van der Waals surface area (Å²) < 4.78 is 22.5. The van der Waals surface area contributed by atoms with Crippen LogP contribution in [0.25, 0.3) is 0 Å². The van der Waals surface area contributed by atoms with Crippen molar-refractivity contribution in [2.45, 2.75) is 23.8 Å². The van der Waals surface area contributed by atoms with Gasteiger partial charge in [-0.05, 0) is 29.8 Å². The molecule has 0 spiro atoms. The van der Waals surface area contributed by atoms with E-state index in [0.717, 1.165) is 10.5 Å². The molecule has 2 rings (SSSR count). The number of ether oxygens (including phenoxy) is 2. The van der Waals surface area contributed by atoms with Crippen molar-refractivity contribution in [2.75, 3.05) is 19.5 Å². The summed E-state index contributed by atoms with van der Waals surface area (Å²) in [4.78, 5) is 36.6. The summed E-state index contributed by atoms with van der Waals surface area (Å²) in [6.07, 6.45) is 0.362. The number of nitrogens with one attached hydrogen (secondary N) is 1. The Balaban J connectivity index is 1.73. The molecule has 0 saturated heterocycles. The molecule has 0 aliphatic rings. The highest BCUT2D eigenvalue weighted by molar-refractivity contribution is 7.99. The second-order valence-electron chi connectivity index (χ2n) is 6.05. The van der Waals surface area contributed by atoms with E-state index in [1.54, 1.807) is 12.1 Å². The molecule has 1 amide bonds. The van der Waals surface area contributed by atoms with E-state index >= 15 is 0 Å². The Labute approximate surface area is 172 Å². The third-order valence-electron chi connectivity index (χ3n) is 3.86. The number of methoxy groups -OCH3 is 1. The number of carbonyl (C=O) groups excluding carboxylic acids is 3. The minimum absolute atomic E-state index is 0.0970. The van der Waals surface area contributed by atoms with Gasteiger partial charge in [0.2, 0.25) is 0 Å². The fourth-order valence-corrected chi connectivity index (χ4v) is 3.26. The third-order valence-corrected chi connectivity index (χ3v) is 4.87. The van der Waals surface area contributed by atoms with Crippen LogP contribution in [-0.2, 0) is 30.3 Å². The van der Waals surface area contributed by atoms with Crippen LogP contribution in [0.3, 0.4) is 0 Å². The van der Waals surface area contributed by atoms with Gasteiger partial charge >= 0.3 is 11.9 Å². The molecular formula is C21H22FNO5S. The molecule has 29 heavy (non-hydrogen) atoms. The van der Waals surface area contributed by atoms with Gasteiger partial charge in [0.25, 0.3) is 5.91 Å². The van der Waals surface area contributed by atoms with E-state index in [0.29, 0.717) is 5.75 Å². The molecule has 1 N–H and O–H groups in total. The van der Waals surface area contributed by atoms with Crippen molar-refractivity contribution in [3.05, 3.63) is 66.0 Å². The number of rotatable bonds is 10. The number of benzene rings is 2. The first-order chi connectivity index (χ1) is 14.0. The van der Waals surface area contributed by atoms with E-state index in [4.69, 9.17) is 9.47 Å². The van der Waals surface area contributed by atoms with Crippen molar-refractivity contribution in [3.63, 3.8) is 0 Å². The van der Waals surface area contributed by atoms with Gasteiger partial charge < -0.3 is 14.8 Å². The molecule has 1 atom stereocenters. The van der Waals surface area contributed by atoms with Crippen molar-refractivity contribution >= 4 is 29.6 Å². The molecule has 0 aliphatic carbocycles.